The summed E-state index contributed by atoms with van der Waals surface area (Å²) in [5.74, 6) is 0.662. The molecule has 0 amide bonds. The molecule has 1 atom stereocenters. The van der Waals surface area contributed by atoms with Gasteiger partial charge in [0.2, 0.25) is 0 Å². The average molecular weight is 237 g/mol. The Bertz CT molecular complexity index is 372. The van der Waals surface area contributed by atoms with Gasteiger partial charge in [-0.1, -0.05) is 31.4 Å². The summed E-state index contributed by atoms with van der Waals surface area (Å²) in [5.41, 5.74) is 7.58. The van der Waals surface area contributed by atoms with Crippen molar-refractivity contribution in [2.75, 3.05) is 5.73 Å². The molecule has 1 fully saturated rings. The van der Waals surface area contributed by atoms with Crippen LogP contribution in [0.3, 0.4) is 0 Å². The van der Waals surface area contributed by atoms with E-state index < -0.39 is 10.8 Å². The summed E-state index contributed by atoms with van der Waals surface area (Å²) in [6, 6.07) is 7.74. The Hall–Kier alpha value is -0.830. The summed E-state index contributed by atoms with van der Waals surface area (Å²) < 4.78 is 12.1. The summed E-state index contributed by atoms with van der Waals surface area (Å²) in [6.07, 6.45) is 6.07. The number of anilines is 1. The van der Waals surface area contributed by atoms with Gasteiger partial charge < -0.3 is 5.73 Å². The fourth-order valence-electron chi connectivity index (χ4n) is 2.29. The number of rotatable bonds is 3. The van der Waals surface area contributed by atoms with Gasteiger partial charge in [0.25, 0.3) is 0 Å². The molecule has 2 nitrogen and oxygen atoms in total. The van der Waals surface area contributed by atoms with Crippen LogP contribution in [0.25, 0.3) is 0 Å². The van der Waals surface area contributed by atoms with E-state index >= 15 is 0 Å². The van der Waals surface area contributed by atoms with Gasteiger partial charge in [0.1, 0.15) is 0 Å². The maximum Gasteiger partial charge on any atom is 0.0489 e. The number of nitrogens with two attached hydrogens (primary N) is 1. The Morgan fingerprint density at radius 2 is 2.00 bits per heavy atom. The monoisotopic (exact) mass is 237 g/mol. The van der Waals surface area contributed by atoms with Crippen molar-refractivity contribution in [3.63, 3.8) is 0 Å². The lowest BCUT2D eigenvalue weighted by molar-refractivity contribution is 0.504. The topological polar surface area (TPSA) is 43.1 Å². The molecule has 2 rings (SSSR count). The Balaban J connectivity index is 1.96. The van der Waals surface area contributed by atoms with Crippen LogP contribution in [0.4, 0.5) is 5.69 Å². The predicted octanol–water partition coefficient (Wildman–Crippen LogP) is 2.85. The fourth-order valence-corrected chi connectivity index (χ4v) is 3.90. The molecular formula is C13H19NOS. The molecular weight excluding hydrogens is 218 g/mol. The normalized spacial score (nSPS) is 19.5. The molecule has 16 heavy (non-hydrogen) atoms. The van der Waals surface area contributed by atoms with Crippen molar-refractivity contribution in [1.29, 1.82) is 0 Å². The second-order valence-electron chi connectivity index (χ2n) is 4.53. The zero-order valence-electron chi connectivity index (χ0n) is 9.52. The van der Waals surface area contributed by atoms with Crippen molar-refractivity contribution < 1.29 is 4.21 Å². The molecule has 0 saturated heterocycles. The number of nitrogen functional groups attached to an aromatic ring is 1. The lowest BCUT2D eigenvalue weighted by Crippen LogP contribution is -2.19. The van der Waals surface area contributed by atoms with Crippen LogP contribution in [0.1, 0.15) is 37.7 Å². The minimum atomic E-state index is -0.721. The van der Waals surface area contributed by atoms with Crippen molar-refractivity contribution in [3.8, 4) is 0 Å². The SMILES string of the molecule is Nc1cccc(CS(=O)C2CCCCC2)c1. The van der Waals surface area contributed by atoms with Gasteiger partial charge in [-0.15, -0.1) is 0 Å². The molecule has 0 aromatic heterocycles. The Labute approximate surface area is 99.7 Å². The highest BCUT2D eigenvalue weighted by Crippen LogP contribution is 2.24. The van der Waals surface area contributed by atoms with Crippen molar-refractivity contribution >= 4 is 16.5 Å². The molecule has 0 bridgehead atoms. The molecule has 1 aliphatic rings. The van der Waals surface area contributed by atoms with E-state index in [-0.39, 0.29) is 0 Å². The minimum Gasteiger partial charge on any atom is -0.399 e. The lowest BCUT2D eigenvalue weighted by Gasteiger charge is -2.20. The van der Waals surface area contributed by atoms with Crippen LogP contribution in [-0.4, -0.2) is 9.46 Å². The lowest BCUT2D eigenvalue weighted by atomic mass is 10.0. The molecule has 1 aromatic carbocycles. The summed E-state index contributed by atoms with van der Waals surface area (Å²) in [4.78, 5) is 0. The smallest absolute Gasteiger partial charge is 0.0489 e. The third-order valence-corrected chi connectivity index (χ3v) is 5.02. The second kappa shape index (κ2) is 5.48. The van der Waals surface area contributed by atoms with E-state index in [4.69, 9.17) is 5.73 Å². The van der Waals surface area contributed by atoms with Crippen LogP contribution < -0.4 is 5.73 Å². The first-order valence-electron chi connectivity index (χ1n) is 5.97. The Kier molecular flexibility index (Phi) is 3.99. The van der Waals surface area contributed by atoms with Gasteiger partial charge >= 0.3 is 0 Å². The van der Waals surface area contributed by atoms with Gasteiger partial charge in [0.05, 0.1) is 0 Å². The van der Waals surface area contributed by atoms with E-state index in [9.17, 15) is 4.21 Å². The molecule has 3 heteroatoms. The Morgan fingerprint density at radius 3 is 2.69 bits per heavy atom. The van der Waals surface area contributed by atoms with Crippen molar-refractivity contribution in [2.45, 2.75) is 43.1 Å². The van der Waals surface area contributed by atoms with Gasteiger partial charge in [-0.05, 0) is 30.5 Å². The average Bonchev–Trinajstić information content (AvgIpc) is 2.30. The van der Waals surface area contributed by atoms with E-state index in [1.54, 1.807) is 0 Å². The molecule has 88 valence electrons. The molecule has 0 radical (unpaired) electrons. The summed E-state index contributed by atoms with van der Waals surface area (Å²) in [5, 5.41) is 0.412. The van der Waals surface area contributed by atoms with Crippen molar-refractivity contribution in [1.82, 2.24) is 0 Å². The molecule has 1 unspecified atom stereocenters. The van der Waals surface area contributed by atoms with E-state index in [0.29, 0.717) is 11.0 Å². The highest BCUT2D eigenvalue weighted by Gasteiger charge is 2.19. The second-order valence-corrected chi connectivity index (χ2v) is 6.25. The largest absolute Gasteiger partial charge is 0.399 e. The molecule has 0 aliphatic heterocycles. The first kappa shape index (κ1) is 11.6. The third-order valence-electron chi connectivity index (χ3n) is 3.18. The molecule has 1 aromatic rings. The van der Waals surface area contributed by atoms with Gasteiger partial charge in [0, 0.05) is 27.5 Å². The maximum absolute atomic E-state index is 12.1. The van der Waals surface area contributed by atoms with Crippen LogP contribution in [0.15, 0.2) is 24.3 Å². The first-order valence-corrected chi connectivity index (χ1v) is 7.35. The van der Waals surface area contributed by atoms with E-state index in [2.05, 4.69) is 0 Å². The van der Waals surface area contributed by atoms with Crippen LogP contribution >= 0.6 is 0 Å². The Morgan fingerprint density at radius 1 is 1.25 bits per heavy atom. The van der Waals surface area contributed by atoms with Gasteiger partial charge in [0.15, 0.2) is 0 Å². The van der Waals surface area contributed by atoms with E-state index in [0.717, 1.165) is 24.1 Å². The standard InChI is InChI=1S/C13H19NOS/c14-12-6-4-5-11(9-12)10-16(15)13-7-2-1-3-8-13/h4-6,9,13H,1-3,7-8,10,14H2. The molecule has 0 heterocycles. The van der Waals surface area contributed by atoms with Crippen molar-refractivity contribution in [3.05, 3.63) is 29.8 Å². The highest BCUT2D eigenvalue weighted by atomic mass is 32.2. The number of benzene rings is 1. The van der Waals surface area contributed by atoms with E-state index in [1.807, 2.05) is 24.3 Å². The van der Waals surface area contributed by atoms with E-state index in [1.165, 1.54) is 19.3 Å². The predicted molar refractivity (Wildman–Crippen MR) is 69.6 cm³/mol. The summed E-state index contributed by atoms with van der Waals surface area (Å²) in [7, 11) is -0.721. The zero-order chi connectivity index (χ0) is 11.4. The van der Waals surface area contributed by atoms with Gasteiger partial charge in [-0.3, -0.25) is 4.21 Å². The zero-order valence-corrected chi connectivity index (χ0v) is 10.3. The quantitative estimate of drug-likeness (QED) is 0.821. The highest BCUT2D eigenvalue weighted by molar-refractivity contribution is 7.84. The van der Waals surface area contributed by atoms with Crippen LogP contribution in [0.2, 0.25) is 0 Å². The fraction of sp³-hybridized carbons (Fsp3) is 0.538. The number of hydrogen-bond donors (Lipinski definition) is 1. The van der Waals surface area contributed by atoms with Crippen molar-refractivity contribution in [2.24, 2.45) is 0 Å². The minimum absolute atomic E-state index is 0.412. The molecule has 1 saturated carbocycles. The van der Waals surface area contributed by atoms with Gasteiger partial charge in [-0.2, -0.15) is 0 Å². The third kappa shape index (κ3) is 3.08. The van der Waals surface area contributed by atoms with Crippen LogP contribution in [0, 0.1) is 0 Å². The van der Waals surface area contributed by atoms with Gasteiger partial charge in [-0.25, -0.2) is 0 Å². The molecule has 1 aliphatic carbocycles. The molecule has 0 spiro atoms. The van der Waals surface area contributed by atoms with Crippen LogP contribution in [0.5, 0.6) is 0 Å². The maximum atomic E-state index is 12.1. The summed E-state index contributed by atoms with van der Waals surface area (Å²) >= 11 is 0. The summed E-state index contributed by atoms with van der Waals surface area (Å²) in [6.45, 7) is 0. The van der Waals surface area contributed by atoms with Crippen LogP contribution in [-0.2, 0) is 16.6 Å². The molecule has 2 N–H and O–H groups in total. The first-order chi connectivity index (χ1) is 7.75. The number of hydrogen-bond acceptors (Lipinski definition) is 2.